The number of rotatable bonds is 3. The molecular weight excluding hydrogens is 192 g/mol. The van der Waals surface area contributed by atoms with Crippen LogP contribution >= 0.6 is 0 Å². The first-order valence-electron chi connectivity index (χ1n) is 4.72. The molecule has 2 aromatic rings. The van der Waals surface area contributed by atoms with Gasteiger partial charge in [0.25, 0.3) is 0 Å². The fourth-order valence-corrected chi connectivity index (χ4v) is 1.56. The largest absolute Gasteiger partial charge is 0.384 e. The quantitative estimate of drug-likeness (QED) is 0.643. The number of aliphatic hydroxyl groups is 1. The third kappa shape index (κ3) is 1.65. The summed E-state index contributed by atoms with van der Waals surface area (Å²) in [5.74, 6) is -0.338. The number of Topliss-reactive ketones (excluding diaryl/α,β-unsaturated/α-hetero) is 1. The van der Waals surface area contributed by atoms with Crippen LogP contribution in [0.2, 0.25) is 0 Å². The summed E-state index contributed by atoms with van der Waals surface area (Å²) >= 11 is 0. The van der Waals surface area contributed by atoms with E-state index < -0.39 is 6.10 Å². The third-order valence-electron chi connectivity index (χ3n) is 2.38. The number of H-pyrrole nitrogens is 1. The molecule has 1 heterocycles. The van der Waals surface area contributed by atoms with Crippen molar-refractivity contribution in [1.82, 2.24) is 4.98 Å². The Balaban J connectivity index is 2.48. The SMILES string of the molecule is NCC(O)C(=O)c1c[nH]c2ccccc12. The van der Waals surface area contributed by atoms with Crippen molar-refractivity contribution in [2.75, 3.05) is 6.54 Å². The summed E-state index contributed by atoms with van der Waals surface area (Å²) in [6, 6.07) is 7.44. The molecule has 0 aliphatic heterocycles. The lowest BCUT2D eigenvalue weighted by Crippen LogP contribution is -2.28. The van der Waals surface area contributed by atoms with Gasteiger partial charge in [-0.2, -0.15) is 0 Å². The first kappa shape index (κ1) is 9.89. The molecule has 0 bridgehead atoms. The van der Waals surface area contributed by atoms with E-state index in [-0.39, 0.29) is 12.3 Å². The molecule has 4 nitrogen and oxygen atoms in total. The van der Waals surface area contributed by atoms with Gasteiger partial charge in [0.05, 0.1) is 0 Å². The number of hydrogen-bond donors (Lipinski definition) is 3. The van der Waals surface area contributed by atoms with E-state index >= 15 is 0 Å². The first-order valence-corrected chi connectivity index (χ1v) is 4.72. The molecule has 4 N–H and O–H groups in total. The third-order valence-corrected chi connectivity index (χ3v) is 2.38. The van der Waals surface area contributed by atoms with Gasteiger partial charge in [-0.1, -0.05) is 18.2 Å². The van der Waals surface area contributed by atoms with Gasteiger partial charge >= 0.3 is 0 Å². The molecule has 78 valence electrons. The maximum atomic E-state index is 11.7. The highest BCUT2D eigenvalue weighted by Gasteiger charge is 2.18. The Morgan fingerprint density at radius 2 is 2.20 bits per heavy atom. The van der Waals surface area contributed by atoms with Crippen LogP contribution in [-0.4, -0.2) is 28.5 Å². The predicted molar refractivity (Wildman–Crippen MR) is 57.7 cm³/mol. The molecule has 0 amide bonds. The topological polar surface area (TPSA) is 79.1 Å². The van der Waals surface area contributed by atoms with Gasteiger partial charge in [0.15, 0.2) is 5.78 Å². The summed E-state index contributed by atoms with van der Waals surface area (Å²) in [5.41, 5.74) is 6.61. The average Bonchev–Trinajstić information content (AvgIpc) is 2.70. The molecule has 15 heavy (non-hydrogen) atoms. The van der Waals surface area contributed by atoms with E-state index in [0.717, 1.165) is 10.9 Å². The number of ketones is 1. The van der Waals surface area contributed by atoms with Crippen molar-refractivity contribution in [2.45, 2.75) is 6.10 Å². The van der Waals surface area contributed by atoms with Crippen molar-refractivity contribution in [3.05, 3.63) is 36.0 Å². The van der Waals surface area contributed by atoms with Gasteiger partial charge in [0, 0.05) is 29.2 Å². The number of aliphatic hydroxyl groups excluding tert-OH is 1. The molecule has 1 atom stereocenters. The molecular formula is C11H12N2O2. The smallest absolute Gasteiger partial charge is 0.194 e. The Hall–Kier alpha value is -1.65. The molecule has 0 saturated heterocycles. The predicted octanol–water partition coefficient (Wildman–Crippen LogP) is 0.670. The Morgan fingerprint density at radius 3 is 2.93 bits per heavy atom. The number of aromatic nitrogens is 1. The van der Waals surface area contributed by atoms with Crippen LogP contribution < -0.4 is 5.73 Å². The Bertz CT molecular complexity index is 490. The van der Waals surface area contributed by atoms with Gasteiger partial charge in [0.1, 0.15) is 6.10 Å². The van der Waals surface area contributed by atoms with Crippen molar-refractivity contribution in [3.8, 4) is 0 Å². The standard InChI is InChI=1S/C11H12N2O2/c12-5-10(14)11(15)8-6-13-9-4-2-1-3-7(8)9/h1-4,6,10,13-14H,5,12H2. The summed E-state index contributed by atoms with van der Waals surface area (Å²) in [6.45, 7) is -0.0572. The summed E-state index contributed by atoms with van der Waals surface area (Å²) in [6.07, 6.45) is 0.482. The van der Waals surface area contributed by atoms with E-state index in [0.29, 0.717) is 5.56 Å². The van der Waals surface area contributed by atoms with Gasteiger partial charge in [0.2, 0.25) is 0 Å². The zero-order valence-electron chi connectivity index (χ0n) is 8.10. The minimum absolute atomic E-state index is 0.0572. The molecule has 4 heteroatoms. The van der Waals surface area contributed by atoms with Crippen molar-refractivity contribution in [1.29, 1.82) is 0 Å². The number of nitrogens with one attached hydrogen (secondary N) is 1. The number of benzene rings is 1. The molecule has 0 fully saturated rings. The van der Waals surface area contributed by atoms with E-state index in [9.17, 15) is 9.90 Å². The number of hydrogen-bond acceptors (Lipinski definition) is 3. The Labute approximate surface area is 86.7 Å². The summed E-state index contributed by atoms with van der Waals surface area (Å²) in [4.78, 5) is 14.7. The number of carbonyl (C=O) groups excluding carboxylic acids is 1. The summed E-state index contributed by atoms with van der Waals surface area (Å²) < 4.78 is 0. The van der Waals surface area contributed by atoms with Gasteiger partial charge in [-0.25, -0.2) is 0 Å². The van der Waals surface area contributed by atoms with Crippen LogP contribution in [0.25, 0.3) is 10.9 Å². The Morgan fingerprint density at radius 1 is 1.47 bits per heavy atom. The normalized spacial score (nSPS) is 12.9. The van der Waals surface area contributed by atoms with E-state index in [1.54, 1.807) is 6.20 Å². The fraction of sp³-hybridized carbons (Fsp3) is 0.182. The molecule has 0 spiro atoms. The van der Waals surface area contributed by atoms with Crippen LogP contribution in [0.1, 0.15) is 10.4 Å². The zero-order valence-corrected chi connectivity index (χ0v) is 8.10. The lowest BCUT2D eigenvalue weighted by molar-refractivity contribution is 0.0765. The van der Waals surface area contributed by atoms with Gasteiger partial charge < -0.3 is 15.8 Å². The van der Waals surface area contributed by atoms with Gasteiger partial charge in [-0.15, -0.1) is 0 Å². The highest BCUT2D eigenvalue weighted by molar-refractivity contribution is 6.09. The van der Waals surface area contributed by atoms with Crippen molar-refractivity contribution in [3.63, 3.8) is 0 Å². The lowest BCUT2D eigenvalue weighted by Gasteiger charge is -2.04. The molecule has 1 aromatic heterocycles. The second-order valence-electron chi connectivity index (χ2n) is 3.36. The molecule has 0 saturated carbocycles. The van der Waals surface area contributed by atoms with Crippen LogP contribution in [0, 0.1) is 0 Å². The van der Waals surface area contributed by atoms with Crippen molar-refractivity contribution >= 4 is 16.7 Å². The first-order chi connectivity index (χ1) is 7.24. The number of nitrogens with two attached hydrogens (primary N) is 1. The lowest BCUT2D eigenvalue weighted by atomic mass is 10.1. The molecule has 0 aliphatic carbocycles. The molecule has 2 rings (SSSR count). The summed E-state index contributed by atoms with van der Waals surface area (Å²) in [7, 11) is 0. The fourth-order valence-electron chi connectivity index (χ4n) is 1.56. The van der Waals surface area contributed by atoms with Gasteiger partial charge in [-0.3, -0.25) is 4.79 Å². The highest BCUT2D eigenvalue weighted by Crippen LogP contribution is 2.18. The van der Waals surface area contributed by atoms with Crippen LogP contribution in [0.4, 0.5) is 0 Å². The molecule has 0 aliphatic rings. The molecule has 0 radical (unpaired) electrons. The summed E-state index contributed by atoms with van der Waals surface area (Å²) in [5, 5.41) is 10.2. The van der Waals surface area contributed by atoms with E-state index in [2.05, 4.69) is 4.98 Å². The van der Waals surface area contributed by atoms with Crippen molar-refractivity contribution < 1.29 is 9.90 Å². The average molecular weight is 204 g/mol. The van der Waals surface area contributed by atoms with Crippen LogP contribution in [-0.2, 0) is 0 Å². The maximum absolute atomic E-state index is 11.7. The maximum Gasteiger partial charge on any atom is 0.194 e. The van der Waals surface area contributed by atoms with Crippen LogP contribution in [0.15, 0.2) is 30.5 Å². The second-order valence-corrected chi connectivity index (χ2v) is 3.36. The van der Waals surface area contributed by atoms with Crippen LogP contribution in [0.3, 0.4) is 0 Å². The Kier molecular flexibility index (Phi) is 2.53. The number of para-hydroxylation sites is 1. The molecule has 1 aromatic carbocycles. The van der Waals surface area contributed by atoms with Gasteiger partial charge in [-0.05, 0) is 6.07 Å². The number of carbonyl (C=O) groups is 1. The van der Waals surface area contributed by atoms with Crippen molar-refractivity contribution in [2.24, 2.45) is 5.73 Å². The minimum Gasteiger partial charge on any atom is -0.384 e. The zero-order chi connectivity index (χ0) is 10.8. The number of aromatic amines is 1. The second kappa shape index (κ2) is 3.84. The minimum atomic E-state index is -1.12. The molecule has 1 unspecified atom stereocenters. The highest BCUT2D eigenvalue weighted by atomic mass is 16.3. The number of fused-ring (bicyclic) bond motifs is 1. The monoisotopic (exact) mass is 204 g/mol. The van der Waals surface area contributed by atoms with E-state index in [1.807, 2.05) is 24.3 Å². The van der Waals surface area contributed by atoms with E-state index in [4.69, 9.17) is 5.73 Å². The van der Waals surface area contributed by atoms with E-state index in [1.165, 1.54) is 0 Å². The van der Waals surface area contributed by atoms with Crippen LogP contribution in [0.5, 0.6) is 0 Å².